The van der Waals surface area contributed by atoms with Gasteiger partial charge in [-0.3, -0.25) is 9.89 Å². The largest absolute Gasteiger partial charge is 0.480 e. The molecule has 1 aromatic heterocycles. The summed E-state index contributed by atoms with van der Waals surface area (Å²) in [6.07, 6.45) is 3.18. The number of amides is 1. The number of H-pyrrole nitrogens is 1. The molecular weight excluding hydrogens is 266 g/mol. The van der Waals surface area contributed by atoms with Crippen molar-refractivity contribution >= 4 is 23.6 Å². The second-order valence-corrected chi connectivity index (χ2v) is 5.76. The van der Waals surface area contributed by atoms with Crippen LogP contribution in [0.25, 0.3) is 0 Å². The number of carbonyl (C=O) groups is 2. The SMILES string of the molecule is CCCC1SCC(C(=O)O)N1C(=O)c1cn[nH]c1C. The van der Waals surface area contributed by atoms with E-state index in [0.29, 0.717) is 17.0 Å². The van der Waals surface area contributed by atoms with Crippen LogP contribution in [0.2, 0.25) is 0 Å². The average molecular weight is 283 g/mol. The van der Waals surface area contributed by atoms with Crippen molar-refractivity contribution in [2.24, 2.45) is 0 Å². The van der Waals surface area contributed by atoms with Crippen LogP contribution in [0, 0.1) is 6.92 Å². The Morgan fingerprint density at radius 2 is 2.37 bits per heavy atom. The Bertz CT molecular complexity index is 488. The van der Waals surface area contributed by atoms with Crippen molar-refractivity contribution in [1.29, 1.82) is 0 Å². The number of nitrogens with zero attached hydrogens (tertiary/aromatic N) is 2. The summed E-state index contributed by atoms with van der Waals surface area (Å²) in [7, 11) is 0. The van der Waals surface area contributed by atoms with Gasteiger partial charge < -0.3 is 10.0 Å². The topological polar surface area (TPSA) is 86.3 Å². The minimum Gasteiger partial charge on any atom is -0.480 e. The molecule has 6 nitrogen and oxygen atoms in total. The van der Waals surface area contributed by atoms with Gasteiger partial charge in [-0.1, -0.05) is 13.3 Å². The molecule has 19 heavy (non-hydrogen) atoms. The van der Waals surface area contributed by atoms with Gasteiger partial charge in [-0.2, -0.15) is 5.10 Å². The molecule has 0 bridgehead atoms. The summed E-state index contributed by atoms with van der Waals surface area (Å²) >= 11 is 1.54. The lowest BCUT2D eigenvalue weighted by Crippen LogP contribution is -2.45. The zero-order valence-corrected chi connectivity index (χ0v) is 11.7. The highest BCUT2D eigenvalue weighted by Crippen LogP contribution is 2.33. The van der Waals surface area contributed by atoms with E-state index >= 15 is 0 Å². The molecular formula is C12H17N3O3S. The Morgan fingerprint density at radius 1 is 1.63 bits per heavy atom. The molecule has 2 rings (SSSR count). The number of carboxylic acids is 1. The summed E-state index contributed by atoms with van der Waals surface area (Å²) in [6, 6.07) is -0.747. The monoisotopic (exact) mass is 283 g/mol. The number of aromatic amines is 1. The lowest BCUT2D eigenvalue weighted by atomic mass is 10.1. The highest BCUT2D eigenvalue weighted by atomic mass is 32.2. The maximum atomic E-state index is 12.5. The zero-order valence-electron chi connectivity index (χ0n) is 10.9. The van der Waals surface area contributed by atoms with Gasteiger partial charge in [0.05, 0.1) is 17.1 Å². The molecule has 7 heteroatoms. The number of aryl methyl sites for hydroxylation is 1. The highest BCUT2D eigenvalue weighted by molar-refractivity contribution is 8.00. The van der Waals surface area contributed by atoms with Crippen molar-refractivity contribution in [3.05, 3.63) is 17.5 Å². The molecule has 0 radical (unpaired) electrons. The number of rotatable bonds is 4. The number of carboxylic acid groups (broad SMARTS) is 1. The van der Waals surface area contributed by atoms with E-state index in [-0.39, 0.29) is 11.3 Å². The van der Waals surface area contributed by atoms with Gasteiger partial charge in [-0.25, -0.2) is 4.79 Å². The van der Waals surface area contributed by atoms with Crippen molar-refractivity contribution in [3.8, 4) is 0 Å². The molecule has 0 aromatic carbocycles. The van der Waals surface area contributed by atoms with Crippen molar-refractivity contribution in [2.45, 2.75) is 38.1 Å². The molecule has 104 valence electrons. The first kappa shape index (κ1) is 13.9. The Kier molecular flexibility index (Phi) is 4.14. The van der Waals surface area contributed by atoms with E-state index in [1.165, 1.54) is 22.9 Å². The second kappa shape index (κ2) is 5.64. The van der Waals surface area contributed by atoms with Crippen LogP contribution in [0.3, 0.4) is 0 Å². The third-order valence-electron chi connectivity index (χ3n) is 3.21. The molecule has 0 aliphatic carbocycles. The molecule has 2 heterocycles. The molecule has 1 aliphatic rings. The summed E-state index contributed by atoms with van der Waals surface area (Å²) in [5.74, 6) is -0.745. The van der Waals surface area contributed by atoms with Gasteiger partial charge in [-0.05, 0) is 13.3 Å². The van der Waals surface area contributed by atoms with E-state index in [4.69, 9.17) is 0 Å². The predicted octanol–water partition coefficient (Wildman–Crippen LogP) is 1.49. The summed E-state index contributed by atoms with van der Waals surface area (Å²) in [5, 5.41) is 15.7. The molecule has 2 unspecified atom stereocenters. The number of aromatic nitrogens is 2. The number of hydrogen-bond donors (Lipinski definition) is 2. The Morgan fingerprint density at radius 3 is 2.89 bits per heavy atom. The van der Waals surface area contributed by atoms with Gasteiger partial charge in [0.1, 0.15) is 6.04 Å². The van der Waals surface area contributed by atoms with Gasteiger partial charge >= 0.3 is 5.97 Å². The van der Waals surface area contributed by atoms with Gasteiger partial charge in [0.15, 0.2) is 0 Å². The first-order chi connectivity index (χ1) is 9.06. The van der Waals surface area contributed by atoms with Gasteiger partial charge in [0.25, 0.3) is 5.91 Å². The molecule has 1 saturated heterocycles. The van der Waals surface area contributed by atoms with Crippen LogP contribution in [0.15, 0.2) is 6.20 Å². The van der Waals surface area contributed by atoms with E-state index in [1.807, 2.05) is 6.92 Å². The lowest BCUT2D eigenvalue weighted by molar-refractivity contribution is -0.141. The molecule has 1 aliphatic heterocycles. The Labute approximate surface area is 115 Å². The quantitative estimate of drug-likeness (QED) is 0.874. The van der Waals surface area contributed by atoms with Crippen molar-refractivity contribution in [2.75, 3.05) is 5.75 Å². The first-order valence-electron chi connectivity index (χ1n) is 6.23. The van der Waals surface area contributed by atoms with Crippen LogP contribution < -0.4 is 0 Å². The fourth-order valence-electron chi connectivity index (χ4n) is 2.20. The van der Waals surface area contributed by atoms with E-state index in [1.54, 1.807) is 6.92 Å². The normalized spacial score (nSPS) is 22.7. The number of nitrogens with one attached hydrogen (secondary N) is 1. The van der Waals surface area contributed by atoms with Crippen molar-refractivity contribution in [1.82, 2.24) is 15.1 Å². The summed E-state index contributed by atoms with van der Waals surface area (Å²) in [5.41, 5.74) is 1.12. The van der Waals surface area contributed by atoms with Gasteiger partial charge in [-0.15, -0.1) is 11.8 Å². The van der Waals surface area contributed by atoms with E-state index in [2.05, 4.69) is 10.2 Å². The van der Waals surface area contributed by atoms with Gasteiger partial charge in [0.2, 0.25) is 0 Å². The van der Waals surface area contributed by atoms with Crippen LogP contribution >= 0.6 is 11.8 Å². The molecule has 1 aromatic rings. The van der Waals surface area contributed by atoms with E-state index in [9.17, 15) is 14.7 Å². The lowest BCUT2D eigenvalue weighted by Gasteiger charge is -2.27. The first-order valence-corrected chi connectivity index (χ1v) is 7.28. The van der Waals surface area contributed by atoms with E-state index in [0.717, 1.165) is 12.8 Å². The third kappa shape index (κ3) is 2.60. The highest BCUT2D eigenvalue weighted by Gasteiger charge is 2.41. The summed E-state index contributed by atoms with van der Waals surface area (Å²) in [6.45, 7) is 3.79. The minimum absolute atomic E-state index is 0.0621. The zero-order chi connectivity index (χ0) is 14.0. The van der Waals surface area contributed by atoms with Crippen LogP contribution in [0.4, 0.5) is 0 Å². The average Bonchev–Trinajstić information content (AvgIpc) is 2.95. The number of carbonyl (C=O) groups excluding carboxylic acids is 1. The molecule has 0 spiro atoms. The summed E-state index contributed by atoms with van der Waals surface area (Å²) < 4.78 is 0. The molecule has 2 N–H and O–H groups in total. The summed E-state index contributed by atoms with van der Waals surface area (Å²) in [4.78, 5) is 25.3. The molecule has 0 saturated carbocycles. The van der Waals surface area contributed by atoms with Crippen molar-refractivity contribution in [3.63, 3.8) is 0 Å². The van der Waals surface area contributed by atoms with Crippen LogP contribution in [-0.4, -0.2) is 49.2 Å². The number of hydrogen-bond acceptors (Lipinski definition) is 4. The van der Waals surface area contributed by atoms with E-state index < -0.39 is 12.0 Å². The molecule has 1 fully saturated rings. The minimum atomic E-state index is -0.944. The van der Waals surface area contributed by atoms with Crippen LogP contribution in [0.5, 0.6) is 0 Å². The second-order valence-electron chi connectivity index (χ2n) is 4.55. The van der Waals surface area contributed by atoms with Crippen LogP contribution in [0.1, 0.15) is 35.8 Å². The predicted molar refractivity (Wildman–Crippen MR) is 72.1 cm³/mol. The van der Waals surface area contributed by atoms with Crippen LogP contribution in [-0.2, 0) is 4.79 Å². The molecule has 1 amide bonds. The maximum absolute atomic E-state index is 12.5. The Hall–Kier alpha value is -1.50. The number of aliphatic carboxylic acids is 1. The maximum Gasteiger partial charge on any atom is 0.327 e. The molecule has 2 atom stereocenters. The van der Waals surface area contributed by atoms with Gasteiger partial charge in [0, 0.05) is 11.4 Å². The third-order valence-corrected chi connectivity index (χ3v) is 4.56. The standard InChI is InChI=1S/C12H17N3O3S/c1-3-4-10-15(9(6-19-10)12(17)18)11(16)8-5-13-14-7(8)2/h5,9-10H,3-4,6H2,1-2H3,(H,13,14)(H,17,18). The fourth-order valence-corrected chi connectivity index (χ4v) is 3.71. The number of thioether (sulfide) groups is 1. The Balaban J connectivity index is 2.28. The fraction of sp³-hybridized carbons (Fsp3) is 0.583. The smallest absolute Gasteiger partial charge is 0.327 e. The van der Waals surface area contributed by atoms with Crippen molar-refractivity contribution < 1.29 is 14.7 Å².